The molecule has 0 spiro atoms. The summed E-state index contributed by atoms with van der Waals surface area (Å²) in [6.07, 6.45) is 4.89. The van der Waals surface area contributed by atoms with Gasteiger partial charge in [-0.05, 0) is 38.3 Å². The van der Waals surface area contributed by atoms with E-state index in [1.807, 2.05) is 6.92 Å². The third-order valence-corrected chi connectivity index (χ3v) is 2.60. The Hall–Kier alpha value is -0.760. The standard InChI is InChI=1S/C13H24O2/c1-6-8-12(7-2)9-13(15-5)10(3)11(4)14/h9,11,14H,6-8H2,1-5H3/b12-9+,13-10+. The molecule has 0 bridgehead atoms. The normalized spacial score (nSPS) is 16.0. The van der Waals surface area contributed by atoms with Crippen molar-refractivity contribution in [3.63, 3.8) is 0 Å². The molecule has 0 heterocycles. The van der Waals surface area contributed by atoms with E-state index < -0.39 is 6.10 Å². The van der Waals surface area contributed by atoms with Crippen molar-refractivity contribution < 1.29 is 9.84 Å². The maximum absolute atomic E-state index is 9.47. The van der Waals surface area contributed by atoms with Crippen LogP contribution in [0.1, 0.15) is 47.0 Å². The number of aliphatic hydroxyl groups is 1. The topological polar surface area (TPSA) is 29.5 Å². The highest BCUT2D eigenvalue weighted by Crippen LogP contribution is 2.17. The van der Waals surface area contributed by atoms with Gasteiger partial charge in [-0.3, -0.25) is 0 Å². The third-order valence-electron chi connectivity index (χ3n) is 2.60. The minimum absolute atomic E-state index is 0.448. The Balaban J connectivity index is 4.89. The molecule has 1 unspecified atom stereocenters. The van der Waals surface area contributed by atoms with Crippen molar-refractivity contribution in [1.29, 1.82) is 0 Å². The summed E-state index contributed by atoms with van der Waals surface area (Å²) < 4.78 is 5.30. The monoisotopic (exact) mass is 212 g/mol. The number of aliphatic hydroxyl groups excluding tert-OH is 1. The summed E-state index contributed by atoms with van der Waals surface area (Å²) in [7, 11) is 1.65. The van der Waals surface area contributed by atoms with Crippen LogP contribution in [0.15, 0.2) is 23.0 Å². The lowest BCUT2D eigenvalue weighted by Gasteiger charge is -2.11. The minimum atomic E-state index is -0.448. The number of hydrogen-bond donors (Lipinski definition) is 1. The SMILES string of the molecule is CCC/C(=C/C(OC)=C(/C)C(C)O)CC. The Bertz CT molecular complexity index is 237. The molecule has 0 aromatic carbocycles. The van der Waals surface area contributed by atoms with E-state index in [0.717, 1.165) is 30.6 Å². The lowest BCUT2D eigenvalue weighted by molar-refractivity contribution is 0.216. The maximum Gasteiger partial charge on any atom is 0.120 e. The van der Waals surface area contributed by atoms with E-state index in [9.17, 15) is 5.11 Å². The van der Waals surface area contributed by atoms with Crippen molar-refractivity contribution in [3.8, 4) is 0 Å². The van der Waals surface area contributed by atoms with Crippen molar-refractivity contribution in [1.82, 2.24) is 0 Å². The second-order valence-electron chi connectivity index (χ2n) is 3.83. The van der Waals surface area contributed by atoms with Crippen LogP contribution < -0.4 is 0 Å². The van der Waals surface area contributed by atoms with Gasteiger partial charge >= 0.3 is 0 Å². The summed E-state index contributed by atoms with van der Waals surface area (Å²) in [5.41, 5.74) is 2.26. The molecular weight excluding hydrogens is 188 g/mol. The number of hydrogen-bond acceptors (Lipinski definition) is 2. The van der Waals surface area contributed by atoms with Gasteiger partial charge in [0.2, 0.25) is 0 Å². The van der Waals surface area contributed by atoms with Crippen LogP contribution in [0.5, 0.6) is 0 Å². The third kappa shape index (κ3) is 5.03. The van der Waals surface area contributed by atoms with Crippen LogP contribution in [0.3, 0.4) is 0 Å². The van der Waals surface area contributed by atoms with E-state index >= 15 is 0 Å². The molecule has 0 fully saturated rings. The van der Waals surface area contributed by atoms with E-state index in [1.54, 1.807) is 14.0 Å². The number of ether oxygens (including phenoxy) is 1. The van der Waals surface area contributed by atoms with E-state index in [-0.39, 0.29) is 0 Å². The van der Waals surface area contributed by atoms with Gasteiger partial charge in [0.1, 0.15) is 5.76 Å². The molecule has 0 aliphatic heterocycles. The summed E-state index contributed by atoms with van der Waals surface area (Å²) in [5, 5.41) is 9.47. The average Bonchev–Trinajstić information content (AvgIpc) is 2.23. The molecular formula is C13H24O2. The van der Waals surface area contributed by atoms with Crippen LogP contribution in [0, 0.1) is 0 Å². The smallest absolute Gasteiger partial charge is 0.120 e. The zero-order valence-corrected chi connectivity index (χ0v) is 10.6. The van der Waals surface area contributed by atoms with E-state index in [1.165, 1.54) is 5.57 Å². The fourth-order valence-electron chi connectivity index (χ4n) is 1.40. The first-order chi connectivity index (χ1) is 7.06. The number of allylic oxidation sites excluding steroid dienone is 2. The first-order valence-corrected chi connectivity index (χ1v) is 5.69. The van der Waals surface area contributed by atoms with E-state index in [0.29, 0.717) is 0 Å². The molecule has 0 aliphatic rings. The average molecular weight is 212 g/mol. The molecule has 0 saturated heterocycles. The Morgan fingerprint density at radius 3 is 2.33 bits per heavy atom. The molecule has 0 aromatic rings. The van der Waals surface area contributed by atoms with Gasteiger partial charge in [-0.25, -0.2) is 0 Å². The lowest BCUT2D eigenvalue weighted by atomic mass is 10.0. The highest BCUT2D eigenvalue weighted by Gasteiger charge is 2.06. The van der Waals surface area contributed by atoms with Crippen LogP contribution >= 0.6 is 0 Å². The van der Waals surface area contributed by atoms with Gasteiger partial charge in [0, 0.05) is 0 Å². The Morgan fingerprint density at radius 2 is 2.00 bits per heavy atom. The molecule has 1 N–H and O–H groups in total. The Kier molecular flexibility index (Phi) is 7.14. The van der Waals surface area contributed by atoms with E-state index in [2.05, 4.69) is 19.9 Å². The molecule has 2 heteroatoms. The zero-order chi connectivity index (χ0) is 11.8. The molecule has 0 aliphatic carbocycles. The fraction of sp³-hybridized carbons (Fsp3) is 0.692. The molecule has 88 valence electrons. The first kappa shape index (κ1) is 14.2. The largest absolute Gasteiger partial charge is 0.497 e. The number of methoxy groups -OCH3 is 1. The molecule has 1 atom stereocenters. The van der Waals surface area contributed by atoms with Gasteiger partial charge in [-0.1, -0.05) is 25.8 Å². The summed E-state index contributed by atoms with van der Waals surface area (Å²) in [4.78, 5) is 0. The quantitative estimate of drug-likeness (QED) is 0.540. The molecule has 0 amide bonds. The highest BCUT2D eigenvalue weighted by atomic mass is 16.5. The molecule has 15 heavy (non-hydrogen) atoms. The predicted octanol–water partition coefficient (Wildman–Crippen LogP) is 3.42. The summed E-state index contributed by atoms with van der Waals surface area (Å²) >= 11 is 0. The molecule has 0 rings (SSSR count). The Labute approximate surface area is 93.6 Å². The molecule has 0 saturated carbocycles. The molecule has 0 aromatic heterocycles. The fourth-order valence-corrected chi connectivity index (χ4v) is 1.40. The van der Waals surface area contributed by atoms with Gasteiger partial charge in [-0.2, -0.15) is 0 Å². The summed E-state index contributed by atoms with van der Waals surface area (Å²) in [6, 6.07) is 0. The Morgan fingerprint density at radius 1 is 1.40 bits per heavy atom. The van der Waals surface area contributed by atoms with Crippen molar-refractivity contribution in [2.45, 2.75) is 53.1 Å². The van der Waals surface area contributed by atoms with E-state index in [4.69, 9.17) is 4.74 Å². The van der Waals surface area contributed by atoms with Gasteiger partial charge < -0.3 is 9.84 Å². The van der Waals surface area contributed by atoms with Gasteiger partial charge in [0.05, 0.1) is 13.2 Å². The summed E-state index contributed by atoms with van der Waals surface area (Å²) in [6.45, 7) is 7.97. The van der Waals surface area contributed by atoms with Crippen LogP contribution in [0.25, 0.3) is 0 Å². The minimum Gasteiger partial charge on any atom is -0.497 e. The van der Waals surface area contributed by atoms with Crippen molar-refractivity contribution in [2.75, 3.05) is 7.11 Å². The first-order valence-electron chi connectivity index (χ1n) is 5.69. The maximum atomic E-state index is 9.47. The summed E-state index contributed by atoms with van der Waals surface area (Å²) in [5.74, 6) is 0.801. The predicted molar refractivity (Wildman–Crippen MR) is 64.7 cm³/mol. The van der Waals surface area contributed by atoms with Crippen LogP contribution in [-0.4, -0.2) is 18.3 Å². The van der Waals surface area contributed by atoms with Gasteiger partial charge in [0.15, 0.2) is 0 Å². The highest BCUT2D eigenvalue weighted by molar-refractivity contribution is 5.25. The molecule has 0 radical (unpaired) electrons. The second-order valence-corrected chi connectivity index (χ2v) is 3.83. The van der Waals surface area contributed by atoms with Crippen molar-refractivity contribution in [3.05, 3.63) is 23.0 Å². The number of rotatable bonds is 6. The van der Waals surface area contributed by atoms with Crippen molar-refractivity contribution in [2.24, 2.45) is 0 Å². The van der Waals surface area contributed by atoms with Crippen LogP contribution in [-0.2, 0) is 4.74 Å². The zero-order valence-electron chi connectivity index (χ0n) is 10.6. The van der Waals surface area contributed by atoms with Gasteiger partial charge in [0.25, 0.3) is 0 Å². The van der Waals surface area contributed by atoms with Crippen molar-refractivity contribution >= 4 is 0 Å². The van der Waals surface area contributed by atoms with Gasteiger partial charge in [-0.15, -0.1) is 0 Å². The molecule has 2 nitrogen and oxygen atoms in total. The lowest BCUT2D eigenvalue weighted by Crippen LogP contribution is -2.05. The van der Waals surface area contributed by atoms with Crippen LogP contribution in [0.2, 0.25) is 0 Å². The van der Waals surface area contributed by atoms with Crippen LogP contribution in [0.4, 0.5) is 0 Å². The second kappa shape index (κ2) is 7.52.